The van der Waals surface area contributed by atoms with Crippen molar-refractivity contribution in [2.24, 2.45) is 0 Å². The third kappa shape index (κ3) is 4.08. The van der Waals surface area contributed by atoms with Crippen LogP contribution in [0.15, 0.2) is 60.1 Å². The van der Waals surface area contributed by atoms with E-state index >= 15 is 0 Å². The number of hydrogen-bond donors (Lipinski definition) is 3. The number of rotatable bonds is 6. The van der Waals surface area contributed by atoms with E-state index in [0.717, 1.165) is 4.88 Å². The molecule has 0 aliphatic rings. The van der Waals surface area contributed by atoms with E-state index in [1.165, 1.54) is 11.3 Å². The molecule has 2 aromatic heterocycles. The van der Waals surface area contributed by atoms with Crippen LogP contribution in [-0.2, 0) is 16.0 Å². The van der Waals surface area contributed by atoms with E-state index in [0.29, 0.717) is 11.4 Å². The summed E-state index contributed by atoms with van der Waals surface area (Å²) < 4.78 is 0. The average Bonchev–Trinajstić information content (AvgIpc) is 3.27. The van der Waals surface area contributed by atoms with Gasteiger partial charge in [-0.15, -0.1) is 11.3 Å². The summed E-state index contributed by atoms with van der Waals surface area (Å²) in [5.74, 6) is -0.0514. The molecule has 1 aromatic carbocycles. The highest BCUT2D eigenvalue weighted by atomic mass is 32.1. The minimum Gasteiger partial charge on any atom is -0.340 e. The maximum absolute atomic E-state index is 12.6. The fourth-order valence-electron chi connectivity index (χ4n) is 2.26. The number of H-pyrrole nitrogens is 1. The second-order valence-electron chi connectivity index (χ2n) is 5.13. The van der Waals surface area contributed by atoms with Gasteiger partial charge < -0.3 is 10.6 Å². The summed E-state index contributed by atoms with van der Waals surface area (Å²) in [6.07, 6.45) is 1.79. The monoisotopic (exact) mass is 340 g/mol. The van der Waals surface area contributed by atoms with Crippen LogP contribution in [0.25, 0.3) is 0 Å². The number of amides is 2. The lowest BCUT2D eigenvalue weighted by Gasteiger charge is -2.18. The van der Waals surface area contributed by atoms with Gasteiger partial charge in [-0.3, -0.25) is 14.7 Å². The molecule has 2 amide bonds. The lowest BCUT2D eigenvalue weighted by molar-refractivity contribution is -0.126. The van der Waals surface area contributed by atoms with Gasteiger partial charge in [-0.2, -0.15) is 5.10 Å². The highest BCUT2D eigenvalue weighted by Gasteiger charge is 2.23. The van der Waals surface area contributed by atoms with E-state index in [4.69, 9.17) is 0 Å². The summed E-state index contributed by atoms with van der Waals surface area (Å²) in [5.41, 5.74) is 0.717. The van der Waals surface area contributed by atoms with E-state index < -0.39 is 6.04 Å². The number of anilines is 1. The third-order valence-electron chi connectivity index (χ3n) is 3.37. The van der Waals surface area contributed by atoms with Gasteiger partial charge in [0.2, 0.25) is 5.91 Å². The Bertz CT molecular complexity index is 785. The van der Waals surface area contributed by atoms with Crippen molar-refractivity contribution >= 4 is 29.0 Å². The van der Waals surface area contributed by atoms with Crippen molar-refractivity contribution in [1.29, 1.82) is 0 Å². The predicted molar refractivity (Wildman–Crippen MR) is 92.6 cm³/mol. The molecule has 1 atom stereocenters. The molecule has 3 rings (SSSR count). The van der Waals surface area contributed by atoms with E-state index in [-0.39, 0.29) is 18.2 Å². The van der Waals surface area contributed by atoms with Gasteiger partial charge >= 0.3 is 0 Å². The van der Waals surface area contributed by atoms with Crippen LogP contribution in [0.4, 0.5) is 5.82 Å². The molecule has 0 unspecified atom stereocenters. The molecule has 0 fully saturated rings. The third-order valence-corrected chi connectivity index (χ3v) is 4.25. The zero-order valence-electron chi connectivity index (χ0n) is 12.7. The first-order chi connectivity index (χ1) is 11.7. The normalized spacial score (nSPS) is 11.7. The smallest absolute Gasteiger partial charge is 0.252 e. The van der Waals surface area contributed by atoms with E-state index in [1.807, 2.05) is 47.8 Å². The molecule has 0 saturated heterocycles. The van der Waals surface area contributed by atoms with E-state index in [9.17, 15) is 9.59 Å². The molecule has 7 heteroatoms. The Balaban J connectivity index is 1.74. The minimum absolute atomic E-state index is 0.203. The Hall–Kier alpha value is -2.93. The Morgan fingerprint density at radius 1 is 1.12 bits per heavy atom. The van der Waals surface area contributed by atoms with Gasteiger partial charge in [0.15, 0.2) is 0 Å². The first-order valence-electron chi connectivity index (χ1n) is 7.39. The molecule has 3 aromatic rings. The molecule has 122 valence electrons. The van der Waals surface area contributed by atoms with Gasteiger partial charge in [0.1, 0.15) is 11.9 Å². The van der Waals surface area contributed by atoms with Crippen LogP contribution in [0.3, 0.4) is 0 Å². The fraction of sp³-hybridized carbons (Fsp3) is 0.118. The molecule has 2 heterocycles. The summed E-state index contributed by atoms with van der Waals surface area (Å²) in [7, 11) is 0. The van der Waals surface area contributed by atoms with Crippen molar-refractivity contribution < 1.29 is 9.59 Å². The number of aromatic nitrogens is 2. The molecule has 0 aliphatic carbocycles. The van der Waals surface area contributed by atoms with Crippen LogP contribution in [-0.4, -0.2) is 22.0 Å². The Morgan fingerprint density at radius 2 is 1.96 bits per heavy atom. The van der Waals surface area contributed by atoms with Crippen molar-refractivity contribution in [1.82, 2.24) is 15.5 Å². The highest BCUT2D eigenvalue weighted by Crippen LogP contribution is 2.16. The first kappa shape index (κ1) is 15.9. The molecule has 0 radical (unpaired) electrons. The zero-order chi connectivity index (χ0) is 16.8. The first-order valence-corrected chi connectivity index (χ1v) is 8.27. The Labute approximate surface area is 142 Å². The predicted octanol–water partition coefficient (Wildman–Crippen LogP) is 2.51. The number of aromatic amines is 1. The average molecular weight is 340 g/mol. The van der Waals surface area contributed by atoms with Gasteiger partial charge in [0, 0.05) is 10.9 Å². The Kier molecular flexibility index (Phi) is 5.02. The summed E-state index contributed by atoms with van der Waals surface area (Å²) in [5, 5.41) is 13.9. The summed E-state index contributed by atoms with van der Waals surface area (Å²) >= 11 is 1.51. The lowest BCUT2D eigenvalue weighted by Crippen LogP contribution is -2.37. The molecule has 0 aliphatic heterocycles. The number of hydrogen-bond acceptors (Lipinski definition) is 4. The second kappa shape index (κ2) is 7.56. The maximum atomic E-state index is 12.6. The number of benzene rings is 1. The van der Waals surface area contributed by atoms with Crippen molar-refractivity contribution in [3.63, 3.8) is 0 Å². The SMILES string of the molecule is O=C(Cc1cccs1)N[C@@H](C(=O)Nc1ccn[nH]1)c1ccccc1. The number of nitrogens with zero attached hydrogens (tertiary/aromatic N) is 1. The van der Waals surface area contributed by atoms with Crippen molar-refractivity contribution in [2.75, 3.05) is 5.32 Å². The molecule has 0 bridgehead atoms. The highest BCUT2D eigenvalue weighted by molar-refractivity contribution is 7.10. The molecule has 24 heavy (non-hydrogen) atoms. The summed E-state index contributed by atoms with van der Waals surface area (Å²) in [6, 6.07) is 13.8. The number of carbonyl (C=O) groups excluding carboxylic acids is 2. The maximum Gasteiger partial charge on any atom is 0.252 e. The molecule has 3 N–H and O–H groups in total. The minimum atomic E-state index is -0.776. The lowest BCUT2D eigenvalue weighted by atomic mass is 10.1. The van der Waals surface area contributed by atoms with Gasteiger partial charge in [-0.05, 0) is 17.0 Å². The second-order valence-corrected chi connectivity index (χ2v) is 6.16. The zero-order valence-corrected chi connectivity index (χ0v) is 13.5. The standard InChI is InChI=1S/C17H16N4O2S/c22-15(11-13-7-4-10-24-13)20-16(12-5-2-1-3-6-12)17(23)19-14-8-9-18-21-14/h1-10,16H,11H2,(H,20,22)(H2,18,19,21,23)/t16-/m1/s1. The van der Waals surface area contributed by atoms with E-state index in [2.05, 4.69) is 20.8 Å². The van der Waals surface area contributed by atoms with Crippen LogP contribution in [0.2, 0.25) is 0 Å². The van der Waals surface area contributed by atoms with E-state index in [1.54, 1.807) is 12.3 Å². The molecule has 0 saturated carbocycles. The van der Waals surface area contributed by atoms with Gasteiger partial charge in [0.25, 0.3) is 5.91 Å². The topological polar surface area (TPSA) is 86.9 Å². The number of carbonyl (C=O) groups is 2. The van der Waals surface area contributed by atoms with Crippen molar-refractivity contribution in [3.05, 3.63) is 70.5 Å². The van der Waals surface area contributed by atoms with Crippen LogP contribution in [0.5, 0.6) is 0 Å². The largest absolute Gasteiger partial charge is 0.340 e. The van der Waals surface area contributed by atoms with Crippen molar-refractivity contribution in [2.45, 2.75) is 12.5 Å². The van der Waals surface area contributed by atoms with Crippen LogP contribution < -0.4 is 10.6 Å². The van der Waals surface area contributed by atoms with Crippen LogP contribution >= 0.6 is 11.3 Å². The fourth-order valence-corrected chi connectivity index (χ4v) is 2.96. The molecular formula is C17H16N4O2S. The molecule has 6 nitrogen and oxygen atoms in total. The summed E-state index contributed by atoms with van der Waals surface area (Å²) in [4.78, 5) is 25.8. The van der Waals surface area contributed by atoms with Crippen LogP contribution in [0.1, 0.15) is 16.5 Å². The van der Waals surface area contributed by atoms with Gasteiger partial charge in [0.05, 0.1) is 12.6 Å². The van der Waals surface area contributed by atoms with Crippen LogP contribution in [0, 0.1) is 0 Å². The summed E-state index contributed by atoms with van der Waals surface area (Å²) in [6.45, 7) is 0. The molecule has 0 spiro atoms. The number of nitrogens with one attached hydrogen (secondary N) is 3. The molecular weight excluding hydrogens is 324 g/mol. The Morgan fingerprint density at radius 3 is 2.62 bits per heavy atom. The van der Waals surface area contributed by atoms with Gasteiger partial charge in [-0.25, -0.2) is 0 Å². The number of thiophene rings is 1. The van der Waals surface area contributed by atoms with Gasteiger partial charge in [-0.1, -0.05) is 36.4 Å². The quantitative estimate of drug-likeness (QED) is 0.644. The van der Waals surface area contributed by atoms with Crippen molar-refractivity contribution in [3.8, 4) is 0 Å².